The molecule has 1 amide bonds. The Hall–Kier alpha value is -1.14. The molecule has 0 aromatic heterocycles. The summed E-state index contributed by atoms with van der Waals surface area (Å²) < 4.78 is 5.00. The summed E-state index contributed by atoms with van der Waals surface area (Å²) in [6, 6.07) is 7.04. The maximum Gasteiger partial charge on any atom is 0.238 e. The average Bonchev–Trinajstić information content (AvgIpc) is 2.44. The predicted octanol–water partition coefficient (Wildman–Crippen LogP) is 1.45. The SMILES string of the molecule is COCCN(C)CCNCC(=O)Nc1ccc(Cl)cc1. The van der Waals surface area contributed by atoms with E-state index in [2.05, 4.69) is 15.5 Å². The summed E-state index contributed by atoms with van der Waals surface area (Å²) in [6.45, 7) is 3.52. The van der Waals surface area contributed by atoms with E-state index in [0.29, 0.717) is 18.2 Å². The fraction of sp³-hybridized carbons (Fsp3) is 0.500. The second-order valence-corrected chi connectivity index (χ2v) is 4.96. The van der Waals surface area contributed by atoms with Gasteiger partial charge in [0.25, 0.3) is 0 Å². The summed E-state index contributed by atoms with van der Waals surface area (Å²) in [6.07, 6.45) is 0. The number of ether oxygens (including phenoxy) is 1. The van der Waals surface area contributed by atoms with E-state index in [1.54, 1.807) is 31.4 Å². The van der Waals surface area contributed by atoms with Crippen LogP contribution in [0.25, 0.3) is 0 Å². The van der Waals surface area contributed by atoms with Crippen molar-refractivity contribution in [2.24, 2.45) is 0 Å². The van der Waals surface area contributed by atoms with Crippen LogP contribution < -0.4 is 10.6 Å². The lowest BCUT2D eigenvalue weighted by Crippen LogP contribution is -2.35. The zero-order valence-electron chi connectivity index (χ0n) is 12.0. The van der Waals surface area contributed by atoms with E-state index in [0.717, 1.165) is 25.3 Å². The lowest BCUT2D eigenvalue weighted by Gasteiger charge is -2.16. The minimum Gasteiger partial charge on any atom is -0.383 e. The third-order valence-corrected chi connectivity index (χ3v) is 3.01. The minimum atomic E-state index is -0.0631. The van der Waals surface area contributed by atoms with Crippen molar-refractivity contribution in [2.75, 3.05) is 52.3 Å². The Bertz CT molecular complexity index is 398. The molecule has 6 heteroatoms. The second-order valence-electron chi connectivity index (χ2n) is 4.53. The van der Waals surface area contributed by atoms with Crippen LogP contribution in [-0.4, -0.2) is 57.8 Å². The molecule has 1 aromatic rings. The van der Waals surface area contributed by atoms with Gasteiger partial charge in [0.05, 0.1) is 13.2 Å². The highest BCUT2D eigenvalue weighted by molar-refractivity contribution is 6.30. The highest BCUT2D eigenvalue weighted by atomic mass is 35.5. The van der Waals surface area contributed by atoms with Crippen molar-refractivity contribution in [2.45, 2.75) is 0 Å². The summed E-state index contributed by atoms with van der Waals surface area (Å²) in [5.41, 5.74) is 0.749. The number of carbonyl (C=O) groups excluding carboxylic acids is 1. The van der Waals surface area contributed by atoms with Gasteiger partial charge in [0.2, 0.25) is 5.91 Å². The number of amides is 1. The minimum absolute atomic E-state index is 0.0631. The van der Waals surface area contributed by atoms with Crippen molar-refractivity contribution in [1.29, 1.82) is 0 Å². The van der Waals surface area contributed by atoms with Crippen LogP contribution in [-0.2, 0) is 9.53 Å². The molecule has 0 radical (unpaired) electrons. The quantitative estimate of drug-likeness (QED) is 0.678. The Balaban J connectivity index is 2.12. The Morgan fingerprint density at radius 3 is 2.65 bits per heavy atom. The van der Waals surface area contributed by atoms with Gasteiger partial charge in [-0.2, -0.15) is 0 Å². The molecule has 0 unspecified atom stereocenters. The van der Waals surface area contributed by atoms with E-state index < -0.39 is 0 Å². The first kappa shape index (κ1) is 16.9. The first-order valence-corrected chi connectivity index (χ1v) is 6.93. The van der Waals surface area contributed by atoms with Crippen molar-refractivity contribution in [1.82, 2.24) is 10.2 Å². The highest BCUT2D eigenvalue weighted by Crippen LogP contribution is 2.12. The molecule has 2 N–H and O–H groups in total. The zero-order chi connectivity index (χ0) is 14.8. The Kier molecular flexibility index (Phi) is 8.22. The number of hydrogen-bond acceptors (Lipinski definition) is 4. The van der Waals surface area contributed by atoms with Crippen LogP contribution in [0.4, 0.5) is 5.69 Å². The van der Waals surface area contributed by atoms with Crippen molar-refractivity contribution in [3.05, 3.63) is 29.3 Å². The van der Waals surface area contributed by atoms with Crippen LogP contribution in [0.3, 0.4) is 0 Å². The summed E-state index contributed by atoms with van der Waals surface area (Å²) in [4.78, 5) is 13.8. The number of nitrogens with one attached hydrogen (secondary N) is 2. The molecule has 0 saturated carbocycles. The standard InChI is InChI=1S/C14H22ClN3O2/c1-18(9-10-20-2)8-7-16-11-14(19)17-13-5-3-12(15)4-6-13/h3-6,16H,7-11H2,1-2H3,(H,17,19). The number of methoxy groups -OCH3 is 1. The Morgan fingerprint density at radius 1 is 1.30 bits per heavy atom. The number of rotatable bonds is 9. The van der Waals surface area contributed by atoms with Crippen LogP contribution in [0, 0.1) is 0 Å². The fourth-order valence-corrected chi connectivity index (χ4v) is 1.70. The molecule has 1 aromatic carbocycles. The molecular formula is C14H22ClN3O2. The molecular weight excluding hydrogens is 278 g/mol. The van der Waals surface area contributed by atoms with E-state index in [1.165, 1.54) is 0 Å². The van der Waals surface area contributed by atoms with E-state index >= 15 is 0 Å². The van der Waals surface area contributed by atoms with Crippen LogP contribution in [0.1, 0.15) is 0 Å². The molecule has 112 valence electrons. The van der Waals surface area contributed by atoms with Crippen molar-refractivity contribution in [3.8, 4) is 0 Å². The number of hydrogen-bond donors (Lipinski definition) is 2. The Morgan fingerprint density at radius 2 is 2.00 bits per heavy atom. The largest absolute Gasteiger partial charge is 0.383 e. The van der Waals surface area contributed by atoms with Crippen LogP contribution in [0.5, 0.6) is 0 Å². The third kappa shape index (κ3) is 7.45. The first-order chi connectivity index (χ1) is 9.61. The van der Waals surface area contributed by atoms with Gasteiger partial charge in [-0.25, -0.2) is 0 Å². The van der Waals surface area contributed by atoms with Gasteiger partial charge in [0.15, 0.2) is 0 Å². The van der Waals surface area contributed by atoms with Gasteiger partial charge < -0.3 is 20.3 Å². The molecule has 0 heterocycles. The summed E-state index contributed by atoms with van der Waals surface area (Å²) in [7, 11) is 3.71. The molecule has 0 aliphatic carbocycles. The van der Waals surface area contributed by atoms with E-state index in [9.17, 15) is 4.79 Å². The van der Waals surface area contributed by atoms with Gasteiger partial charge in [-0.3, -0.25) is 4.79 Å². The first-order valence-electron chi connectivity index (χ1n) is 6.55. The molecule has 0 aliphatic rings. The molecule has 0 fully saturated rings. The molecule has 5 nitrogen and oxygen atoms in total. The van der Waals surface area contributed by atoms with Crippen molar-refractivity contribution in [3.63, 3.8) is 0 Å². The average molecular weight is 300 g/mol. The number of anilines is 1. The molecule has 0 aliphatic heterocycles. The van der Waals surface area contributed by atoms with Crippen LogP contribution in [0.2, 0.25) is 5.02 Å². The summed E-state index contributed by atoms with van der Waals surface area (Å²) in [5, 5.41) is 6.55. The van der Waals surface area contributed by atoms with Gasteiger partial charge in [-0.15, -0.1) is 0 Å². The number of likely N-dealkylation sites (N-methyl/N-ethyl adjacent to an activating group) is 1. The second kappa shape index (κ2) is 9.72. The molecule has 20 heavy (non-hydrogen) atoms. The zero-order valence-corrected chi connectivity index (χ0v) is 12.7. The molecule has 0 spiro atoms. The van der Waals surface area contributed by atoms with Gasteiger partial charge in [0, 0.05) is 37.5 Å². The third-order valence-electron chi connectivity index (χ3n) is 2.76. The maximum atomic E-state index is 11.7. The normalized spacial score (nSPS) is 10.8. The maximum absolute atomic E-state index is 11.7. The predicted molar refractivity (Wildman–Crippen MR) is 82.3 cm³/mol. The topological polar surface area (TPSA) is 53.6 Å². The van der Waals surface area contributed by atoms with Gasteiger partial charge in [-0.05, 0) is 31.3 Å². The monoisotopic (exact) mass is 299 g/mol. The molecule has 1 rings (SSSR count). The van der Waals surface area contributed by atoms with Crippen molar-refractivity contribution >= 4 is 23.2 Å². The van der Waals surface area contributed by atoms with E-state index in [4.69, 9.17) is 16.3 Å². The van der Waals surface area contributed by atoms with E-state index in [-0.39, 0.29) is 5.91 Å². The highest BCUT2D eigenvalue weighted by Gasteiger charge is 2.02. The fourth-order valence-electron chi connectivity index (χ4n) is 1.57. The smallest absolute Gasteiger partial charge is 0.238 e. The summed E-state index contributed by atoms with van der Waals surface area (Å²) >= 11 is 5.78. The van der Waals surface area contributed by atoms with E-state index in [1.807, 2.05) is 7.05 Å². The molecule has 0 bridgehead atoms. The lowest BCUT2D eigenvalue weighted by molar-refractivity contribution is -0.115. The molecule has 0 atom stereocenters. The summed E-state index contributed by atoms with van der Waals surface area (Å²) in [5.74, 6) is -0.0631. The van der Waals surface area contributed by atoms with Gasteiger partial charge >= 0.3 is 0 Å². The van der Waals surface area contributed by atoms with Gasteiger partial charge in [0.1, 0.15) is 0 Å². The number of benzene rings is 1. The lowest BCUT2D eigenvalue weighted by atomic mass is 10.3. The van der Waals surface area contributed by atoms with Crippen LogP contribution >= 0.6 is 11.6 Å². The number of halogens is 1. The Labute approximate surface area is 125 Å². The number of carbonyl (C=O) groups is 1. The number of nitrogens with zero attached hydrogens (tertiary/aromatic N) is 1. The van der Waals surface area contributed by atoms with Crippen LogP contribution in [0.15, 0.2) is 24.3 Å². The van der Waals surface area contributed by atoms with Gasteiger partial charge in [-0.1, -0.05) is 11.6 Å². The van der Waals surface area contributed by atoms with Crippen molar-refractivity contribution < 1.29 is 9.53 Å². The molecule has 0 saturated heterocycles.